The van der Waals surface area contributed by atoms with E-state index in [4.69, 9.17) is 4.74 Å². The van der Waals surface area contributed by atoms with Crippen molar-refractivity contribution in [1.82, 2.24) is 15.1 Å². The SMILES string of the molecule is Cn1cc(CNC2CCOC(C)(C)C2)cn1. The summed E-state index contributed by atoms with van der Waals surface area (Å²) in [6.45, 7) is 6.07. The van der Waals surface area contributed by atoms with Gasteiger partial charge in [0.15, 0.2) is 0 Å². The highest BCUT2D eigenvalue weighted by Crippen LogP contribution is 2.23. The maximum Gasteiger partial charge on any atom is 0.0641 e. The first kappa shape index (κ1) is 11.6. The molecule has 0 amide bonds. The first-order chi connectivity index (χ1) is 7.55. The van der Waals surface area contributed by atoms with Gasteiger partial charge in [-0.3, -0.25) is 4.68 Å². The molecule has 90 valence electrons. The Morgan fingerprint density at radius 1 is 1.62 bits per heavy atom. The lowest BCUT2D eigenvalue weighted by molar-refractivity contribution is -0.0630. The summed E-state index contributed by atoms with van der Waals surface area (Å²) in [5.41, 5.74) is 1.26. The third kappa shape index (κ3) is 3.06. The molecule has 1 aromatic rings. The molecule has 0 radical (unpaired) electrons. The number of nitrogens with one attached hydrogen (secondary N) is 1. The zero-order valence-electron chi connectivity index (χ0n) is 10.4. The van der Waals surface area contributed by atoms with Crippen LogP contribution < -0.4 is 5.32 Å². The zero-order chi connectivity index (χ0) is 11.6. The maximum atomic E-state index is 5.70. The highest BCUT2D eigenvalue weighted by Gasteiger charge is 2.28. The molecule has 1 saturated heterocycles. The fourth-order valence-corrected chi connectivity index (χ4v) is 2.23. The van der Waals surface area contributed by atoms with E-state index >= 15 is 0 Å². The van der Waals surface area contributed by atoms with Crippen LogP contribution in [-0.2, 0) is 18.3 Å². The standard InChI is InChI=1S/C12H21N3O/c1-12(2)6-11(4-5-16-12)13-7-10-8-14-15(3)9-10/h8-9,11,13H,4-7H2,1-3H3. The number of aryl methyl sites for hydroxylation is 1. The molecule has 1 aromatic heterocycles. The highest BCUT2D eigenvalue weighted by molar-refractivity contribution is 5.03. The molecule has 16 heavy (non-hydrogen) atoms. The van der Waals surface area contributed by atoms with Crippen molar-refractivity contribution < 1.29 is 4.74 Å². The molecule has 1 unspecified atom stereocenters. The van der Waals surface area contributed by atoms with Gasteiger partial charge in [0.05, 0.1) is 11.8 Å². The number of hydrogen-bond acceptors (Lipinski definition) is 3. The van der Waals surface area contributed by atoms with E-state index in [1.165, 1.54) is 5.56 Å². The molecule has 0 bridgehead atoms. The van der Waals surface area contributed by atoms with Gasteiger partial charge in [-0.05, 0) is 26.7 Å². The Kier molecular flexibility index (Phi) is 3.30. The van der Waals surface area contributed by atoms with Gasteiger partial charge in [-0.2, -0.15) is 5.10 Å². The second-order valence-electron chi connectivity index (χ2n) is 5.20. The van der Waals surface area contributed by atoms with Crippen LogP contribution in [0.5, 0.6) is 0 Å². The van der Waals surface area contributed by atoms with Crippen molar-refractivity contribution in [2.75, 3.05) is 6.61 Å². The van der Waals surface area contributed by atoms with Crippen LogP contribution in [-0.4, -0.2) is 28.0 Å². The number of rotatable bonds is 3. The van der Waals surface area contributed by atoms with E-state index in [9.17, 15) is 0 Å². The third-order valence-electron chi connectivity index (χ3n) is 3.05. The second kappa shape index (κ2) is 4.55. The van der Waals surface area contributed by atoms with Crippen molar-refractivity contribution in [3.05, 3.63) is 18.0 Å². The van der Waals surface area contributed by atoms with Gasteiger partial charge >= 0.3 is 0 Å². The minimum atomic E-state index is 0.0187. The third-order valence-corrected chi connectivity index (χ3v) is 3.05. The highest BCUT2D eigenvalue weighted by atomic mass is 16.5. The van der Waals surface area contributed by atoms with Gasteiger partial charge in [0, 0.05) is 38.0 Å². The Morgan fingerprint density at radius 2 is 2.44 bits per heavy atom. The summed E-state index contributed by atoms with van der Waals surface area (Å²) in [4.78, 5) is 0. The van der Waals surface area contributed by atoms with Crippen LogP contribution in [0.3, 0.4) is 0 Å². The Labute approximate surface area is 97.0 Å². The molecule has 0 saturated carbocycles. The minimum Gasteiger partial charge on any atom is -0.375 e. The monoisotopic (exact) mass is 223 g/mol. The number of ether oxygens (including phenoxy) is 1. The van der Waals surface area contributed by atoms with E-state index in [0.717, 1.165) is 26.0 Å². The fraction of sp³-hybridized carbons (Fsp3) is 0.750. The Balaban J connectivity index is 1.82. The van der Waals surface area contributed by atoms with E-state index in [-0.39, 0.29) is 5.60 Å². The van der Waals surface area contributed by atoms with E-state index in [1.54, 1.807) is 0 Å². The molecule has 0 aromatic carbocycles. The van der Waals surface area contributed by atoms with Crippen molar-refractivity contribution in [3.63, 3.8) is 0 Å². The first-order valence-corrected chi connectivity index (χ1v) is 5.90. The lowest BCUT2D eigenvalue weighted by atomic mass is 9.94. The predicted octanol–water partition coefficient (Wildman–Crippen LogP) is 1.47. The van der Waals surface area contributed by atoms with Gasteiger partial charge in [-0.15, -0.1) is 0 Å². The van der Waals surface area contributed by atoms with Crippen LogP contribution in [0.15, 0.2) is 12.4 Å². The summed E-state index contributed by atoms with van der Waals surface area (Å²) in [6.07, 6.45) is 6.14. The Bertz CT molecular complexity index is 346. The average Bonchev–Trinajstić information content (AvgIpc) is 2.60. The predicted molar refractivity (Wildman–Crippen MR) is 63.1 cm³/mol. The average molecular weight is 223 g/mol. The van der Waals surface area contributed by atoms with E-state index in [1.807, 2.05) is 17.9 Å². The molecule has 1 fully saturated rings. The van der Waals surface area contributed by atoms with Crippen molar-refractivity contribution in [2.45, 2.75) is 44.9 Å². The molecule has 4 heteroatoms. The van der Waals surface area contributed by atoms with Crippen LogP contribution in [0.25, 0.3) is 0 Å². The normalized spacial score (nSPS) is 24.6. The van der Waals surface area contributed by atoms with Crippen LogP contribution >= 0.6 is 0 Å². The molecule has 1 N–H and O–H groups in total. The maximum absolute atomic E-state index is 5.70. The van der Waals surface area contributed by atoms with Gasteiger partial charge in [-0.1, -0.05) is 0 Å². The van der Waals surface area contributed by atoms with Crippen molar-refractivity contribution in [3.8, 4) is 0 Å². The molecule has 4 nitrogen and oxygen atoms in total. The molecule has 0 aliphatic carbocycles. The van der Waals surface area contributed by atoms with Gasteiger partial charge in [0.25, 0.3) is 0 Å². The number of nitrogens with zero attached hydrogens (tertiary/aromatic N) is 2. The molecule has 2 rings (SSSR count). The summed E-state index contributed by atoms with van der Waals surface area (Å²) in [6, 6.07) is 0.559. The molecule has 1 aliphatic rings. The van der Waals surface area contributed by atoms with Crippen molar-refractivity contribution in [1.29, 1.82) is 0 Å². The summed E-state index contributed by atoms with van der Waals surface area (Å²) in [5.74, 6) is 0. The molecular weight excluding hydrogens is 202 g/mol. The summed E-state index contributed by atoms with van der Waals surface area (Å²) >= 11 is 0. The van der Waals surface area contributed by atoms with Crippen molar-refractivity contribution >= 4 is 0 Å². The van der Waals surface area contributed by atoms with E-state index in [2.05, 4.69) is 30.5 Å². The van der Waals surface area contributed by atoms with Crippen LogP contribution in [0, 0.1) is 0 Å². The molecule has 2 heterocycles. The molecule has 1 aliphatic heterocycles. The minimum absolute atomic E-state index is 0.0187. The topological polar surface area (TPSA) is 39.1 Å². The van der Waals surface area contributed by atoms with Gasteiger partial charge in [0.1, 0.15) is 0 Å². The van der Waals surface area contributed by atoms with Crippen LogP contribution in [0.1, 0.15) is 32.3 Å². The molecule has 1 atom stereocenters. The van der Waals surface area contributed by atoms with E-state index in [0.29, 0.717) is 6.04 Å². The quantitative estimate of drug-likeness (QED) is 0.843. The lowest BCUT2D eigenvalue weighted by Gasteiger charge is -2.35. The van der Waals surface area contributed by atoms with Gasteiger partial charge < -0.3 is 10.1 Å². The molecule has 0 spiro atoms. The Hall–Kier alpha value is -0.870. The smallest absolute Gasteiger partial charge is 0.0641 e. The largest absolute Gasteiger partial charge is 0.375 e. The molecular formula is C12H21N3O. The summed E-state index contributed by atoms with van der Waals surface area (Å²) < 4.78 is 7.53. The fourth-order valence-electron chi connectivity index (χ4n) is 2.23. The van der Waals surface area contributed by atoms with Gasteiger partial charge in [-0.25, -0.2) is 0 Å². The number of aromatic nitrogens is 2. The first-order valence-electron chi connectivity index (χ1n) is 5.90. The summed E-state index contributed by atoms with van der Waals surface area (Å²) in [5, 5.41) is 7.73. The zero-order valence-corrected chi connectivity index (χ0v) is 10.4. The Morgan fingerprint density at radius 3 is 3.06 bits per heavy atom. The lowest BCUT2D eigenvalue weighted by Crippen LogP contribution is -2.43. The van der Waals surface area contributed by atoms with Crippen LogP contribution in [0.4, 0.5) is 0 Å². The number of hydrogen-bond donors (Lipinski definition) is 1. The van der Waals surface area contributed by atoms with Crippen molar-refractivity contribution in [2.24, 2.45) is 7.05 Å². The second-order valence-corrected chi connectivity index (χ2v) is 5.20. The van der Waals surface area contributed by atoms with Crippen LogP contribution in [0.2, 0.25) is 0 Å². The van der Waals surface area contributed by atoms with E-state index < -0.39 is 0 Å². The summed E-state index contributed by atoms with van der Waals surface area (Å²) in [7, 11) is 1.95. The van der Waals surface area contributed by atoms with Gasteiger partial charge in [0.2, 0.25) is 0 Å².